The summed E-state index contributed by atoms with van der Waals surface area (Å²) in [5, 5.41) is 6.81. The molecule has 4 nitrogen and oxygen atoms in total. The van der Waals surface area contributed by atoms with Crippen molar-refractivity contribution in [3.05, 3.63) is 51.1 Å². The third kappa shape index (κ3) is 4.24. The number of rotatable bonds is 4. The van der Waals surface area contributed by atoms with Crippen molar-refractivity contribution in [3.63, 3.8) is 0 Å². The normalized spacial score (nSPS) is 10.3. The van der Waals surface area contributed by atoms with E-state index in [-0.39, 0.29) is 10.7 Å². The highest BCUT2D eigenvalue weighted by Crippen LogP contribution is 2.24. The molecule has 0 aliphatic carbocycles. The Morgan fingerprint density at radius 3 is 2.43 bits per heavy atom. The molecule has 21 heavy (non-hydrogen) atoms. The molecule has 0 aliphatic rings. The Morgan fingerprint density at radius 2 is 1.81 bits per heavy atom. The van der Waals surface area contributed by atoms with Crippen molar-refractivity contribution in [2.75, 3.05) is 17.2 Å². The van der Waals surface area contributed by atoms with E-state index in [1.54, 1.807) is 30.3 Å². The molecule has 7 heteroatoms. The second-order valence-corrected chi connectivity index (χ2v) is 5.45. The molecule has 0 atom stereocenters. The third-order valence-corrected chi connectivity index (χ3v) is 3.28. The van der Waals surface area contributed by atoms with Gasteiger partial charge in [0.05, 0.1) is 5.02 Å². The predicted molar refractivity (Wildman–Crippen MR) is 87.8 cm³/mol. The second kappa shape index (κ2) is 6.98. The summed E-state index contributed by atoms with van der Waals surface area (Å²) in [6.45, 7) is 2.63. The summed E-state index contributed by atoms with van der Waals surface area (Å²) in [5.41, 5.74) is 0.607. The van der Waals surface area contributed by atoms with E-state index in [1.807, 2.05) is 6.92 Å². The van der Waals surface area contributed by atoms with Crippen LogP contribution in [0.25, 0.3) is 0 Å². The molecule has 0 unspecified atom stereocenters. The van der Waals surface area contributed by atoms with Crippen LogP contribution < -0.4 is 10.6 Å². The van der Waals surface area contributed by atoms with E-state index in [1.165, 1.54) is 0 Å². The Hall–Kier alpha value is -1.49. The highest BCUT2D eigenvalue weighted by molar-refractivity contribution is 6.35. The average molecular weight is 345 g/mol. The number of halogens is 3. The molecule has 0 fully saturated rings. The van der Waals surface area contributed by atoms with Crippen molar-refractivity contribution in [1.82, 2.24) is 4.98 Å². The Morgan fingerprint density at radius 1 is 1.14 bits per heavy atom. The van der Waals surface area contributed by atoms with Crippen molar-refractivity contribution in [1.29, 1.82) is 0 Å². The number of hydrogen-bond acceptors (Lipinski definition) is 3. The van der Waals surface area contributed by atoms with Gasteiger partial charge in [0.2, 0.25) is 0 Å². The SMILES string of the molecule is CCNc1ccc(Cl)c(C(=O)Nc2cc(Cl)cc(Cl)c2)n1. The van der Waals surface area contributed by atoms with Gasteiger partial charge in [0.1, 0.15) is 11.5 Å². The molecule has 1 aromatic carbocycles. The highest BCUT2D eigenvalue weighted by Gasteiger charge is 2.14. The minimum atomic E-state index is -0.432. The molecule has 0 aliphatic heterocycles. The number of benzene rings is 1. The van der Waals surface area contributed by atoms with E-state index in [0.29, 0.717) is 28.1 Å². The van der Waals surface area contributed by atoms with E-state index in [4.69, 9.17) is 34.8 Å². The van der Waals surface area contributed by atoms with Gasteiger partial charge in [0.15, 0.2) is 0 Å². The molecular weight excluding hydrogens is 333 g/mol. The first-order valence-corrected chi connectivity index (χ1v) is 7.31. The van der Waals surface area contributed by atoms with Crippen molar-refractivity contribution in [2.45, 2.75) is 6.92 Å². The minimum absolute atomic E-state index is 0.131. The highest BCUT2D eigenvalue weighted by atomic mass is 35.5. The Kier molecular flexibility index (Phi) is 5.28. The van der Waals surface area contributed by atoms with Gasteiger partial charge < -0.3 is 10.6 Å². The van der Waals surface area contributed by atoms with Crippen LogP contribution in [0.3, 0.4) is 0 Å². The number of carbonyl (C=O) groups is 1. The fourth-order valence-electron chi connectivity index (χ4n) is 1.70. The van der Waals surface area contributed by atoms with Crippen molar-refractivity contribution < 1.29 is 4.79 Å². The van der Waals surface area contributed by atoms with Gasteiger partial charge in [-0.3, -0.25) is 4.79 Å². The van der Waals surface area contributed by atoms with Crippen LogP contribution in [0.1, 0.15) is 17.4 Å². The van der Waals surface area contributed by atoms with Crippen LogP contribution in [0.4, 0.5) is 11.5 Å². The van der Waals surface area contributed by atoms with Crippen LogP contribution in [0, 0.1) is 0 Å². The zero-order valence-corrected chi connectivity index (χ0v) is 13.4. The molecular formula is C14H12Cl3N3O. The summed E-state index contributed by atoms with van der Waals surface area (Å²) in [5.74, 6) is 0.147. The summed E-state index contributed by atoms with van der Waals surface area (Å²) in [4.78, 5) is 16.4. The van der Waals surface area contributed by atoms with Crippen molar-refractivity contribution in [2.24, 2.45) is 0 Å². The lowest BCUT2D eigenvalue weighted by Gasteiger charge is -2.09. The lowest BCUT2D eigenvalue weighted by molar-refractivity contribution is 0.102. The maximum Gasteiger partial charge on any atom is 0.275 e. The smallest absolute Gasteiger partial charge is 0.275 e. The molecule has 110 valence electrons. The fourth-order valence-corrected chi connectivity index (χ4v) is 2.41. The Bertz CT molecular complexity index is 656. The van der Waals surface area contributed by atoms with Crippen LogP contribution >= 0.6 is 34.8 Å². The van der Waals surface area contributed by atoms with E-state index >= 15 is 0 Å². The van der Waals surface area contributed by atoms with E-state index in [2.05, 4.69) is 15.6 Å². The zero-order valence-electron chi connectivity index (χ0n) is 11.1. The molecule has 2 N–H and O–H groups in total. The number of nitrogens with one attached hydrogen (secondary N) is 2. The van der Waals surface area contributed by atoms with Gasteiger partial charge in [-0.25, -0.2) is 4.98 Å². The number of pyridine rings is 1. The van der Waals surface area contributed by atoms with Crippen molar-refractivity contribution >= 4 is 52.2 Å². The summed E-state index contributed by atoms with van der Waals surface area (Å²) in [7, 11) is 0. The number of anilines is 2. The van der Waals surface area contributed by atoms with Gasteiger partial charge in [-0.1, -0.05) is 34.8 Å². The van der Waals surface area contributed by atoms with Crippen LogP contribution in [-0.4, -0.2) is 17.4 Å². The summed E-state index contributed by atoms with van der Waals surface area (Å²) < 4.78 is 0. The first kappa shape index (κ1) is 15.9. The molecule has 0 bridgehead atoms. The summed E-state index contributed by atoms with van der Waals surface area (Å²) >= 11 is 17.8. The first-order valence-electron chi connectivity index (χ1n) is 6.17. The van der Waals surface area contributed by atoms with Crippen LogP contribution in [0.15, 0.2) is 30.3 Å². The molecule has 1 aromatic heterocycles. The predicted octanol–water partition coefficient (Wildman–Crippen LogP) is 4.73. The van der Waals surface area contributed by atoms with Gasteiger partial charge in [-0.05, 0) is 37.3 Å². The number of carbonyl (C=O) groups excluding carboxylic acids is 1. The fraction of sp³-hybridized carbons (Fsp3) is 0.143. The maximum absolute atomic E-state index is 12.2. The lowest BCUT2D eigenvalue weighted by Crippen LogP contribution is -2.15. The largest absolute Gasteiger partial charge is 0.370 e. The molecule has 0 saturated heterocycles. The maximum atomic E-state index is 12.2. The lowest BCUT2D eigenvalue weighted by atomic mass is 10.3. The van der Waals surface area contributed by atoms with Crippen LogP contribution in [-0.2, 0) is 0 Å². The number of hydrogen-bond donors (Lipinski definition) is 2. The van der Waals surface area contributed by atoms with Crippen molar-refractivity contribution in [3.8, 4) is 0 Å². The zero-order chi connectivity index (χ0) is 15.4. The van der Waals surface area contributed by atoms with Crippen LogP contribution in [0.2, 0.25) is 15.1 Å². The molecule has 1 heterocycles. The summed E-state index contributed by atoms with van der Waals surface area (Å²) in [6.07, 6.45) is 0. The van der Waals surface area contributed by atoms with Gasteiger partial charge in [0.25, 0.3) is 5.91 Å². The first-order chi connectivity index (χ1) is 9.99. The van der Waals surface area contributed by atoms with Gasteiger partial charge in [0, 0.05) is 22.3 Å². The third-order valence-electron chi connectivity index (χ3n) is 2.54. The number of amides is 1. The van der Waals surface area contributed by atoms with E-state index in [0.717, 1.165) is 0 Å². The van der Waals surface area contributed by atoms with Gasteiger partial charge in [-0.2, -0.15) is 0 Å². The van der Waals surface area contributed by atoms with Crippen LogP contribution in [0.5, 0.6) is 0 Å². The number of nitrogens with zero attached hydrogens (tertiary/aromatic N) is 1. The summed E-state index contributed by atoms with van der Waals surface area (Å²) in [6, 6.07) is 8.09. The molecule has 2 rings (SSSR count). The Balaban J connectivity index is 2.25. The topological polar surface area (TPSA) is 54.0 Å². The van der Waals surface area contributed by atoms with Gasteiger partial charge in [-0.15, -0.1) is 0 Å². The van der Waals surface area contributed by atoms with E-state index < -0.39 is 5.91 Å². The van der Waals surface area contributed by atoms with Gasteiger partial charge >= 0.3 is 0 Å². The molecule has 1 amide bonds. The molecule has 0 saturated carbocycles. The quantitative estimate of drug-likeness (QED) is 0.843. The number of aromatic nitrogens is 1. The monoisotopic (exact) mass is 343 g/mol. The Labute approximate surface area is 137 Å². The average Bonchev–Trinajstić information content (AvgIpc) is 2.40. The molecule has 2 aromatic rings. The van der Waals surface area contributed by atoms with E-state index in [9.17, 15) is 4.79 Å². The molecule has 0 spiro atoms. The standard InChI is InChI=1S/C14H12Cl3N3O/c1-2-18-12-4-3-11(17)13(20-12)14(21)19-10-6-8(15)5-9(16)7-10/h3-7H,2H2,1H3,(H,18,20)(H,19,21). The minimum Gasteiger partial charge on any atom is -0.370 e. The molecule has 0 radical (unpaired) electrons. The second-order valence-electron chi connectivity index (χ2n) is 4.17.